The predicted octanol–water partition coefficient (Wildman–Crippen LogP) is 4.77. The van der Waals surface area contributed by atoms with Gasteiger partial charge in [0.15, 0.2) is 0 Å². The van der Waals surface area contributed by atoms with Gasteiger partial charge in [-0.05, 0) is 48.1 Å². The van der Waals surface area contributed by atoms with Crippen molar-refractivity contribution in [1.29, 1.82) is 0 Å². The fourth-order valence-electron chi connectivity index (χ4n) is 5.69. The summed E-state index contributed by atoms with van der Waals surface area (Å²) < 4.78 is 26.5. The van der Waals surface area contributed by atoms with Crippen LogP contribution in [0.2, 0.25) is 5.02 Å². The summed E-state index contributed by atoms with van der Waals surface area (Å²) >= 11 is 8.35. The first-order valence-corrected chi connectivity index (χ1v) is 14.5. The Morgan fingerprint density at radius 1 is 1.24 bits per heavy atom. The van der Waals surface area contributed by atoms with Crippen LogP contribution in [-0.4, -0.2) is 63.9 Å². The average Bonchev–Trinajstić information content (AvgIpc) is 3.51. The van der Waals surface area contributed by atoms with Crippen LogP contribution in [0.1, 0.15) is 35.1 Å². The number of anilines is 2. The van der Waals surface area contributed by atoms with E-state index in [-0.39, 0.29) is 48.5 Å². The van der Waals surface area contributed by atoms with E-state index in [9.17, 15) is 14.4 Å². The molecule has 0 aromatic carbocycles. The minimum atomic E-state index is -3.01. The van der Waals surface area contributed by atoms with Gasteiger partial charge in [-0.25, -0.2) is 4.98 Å². The molecule has 0 spiro atoms. The zero-order valence-electron chi connectivity index (χ0n) is 25.7. The lowest BCUT2D eigenvalue weighted by molar-refractivity contribution is -0.128. The molecular weight excluding hydrogens is 560 g/mol. The zero-order chi connectivity index (χ0) is 31.7. The first-order valence-electron chi connectivity index (χ1n) is 14.6. The van der Waals surface area contributed by atoms with E-state index in [1.807, 2.05) is 37.6 Å². The van der Waals surface area contributed by atoms with Crippen LogP contribution in [0.4, 0.5) is 11.4 Å². The third-order valence-electron chi connectivity index (χ3n) is 7.66. The molecule has 210 valence electrons. The number of amides is 2. The topological polar surface area (TPSA) is 91.6 Å². The van der Waals surface area contributed by atoms with Crippen LogP contribution in [0.5, 0.6) is 0 Å². The second-order valence-corrected chi connectivity index (χ2v) is 11.6. The standard InChI is InChI=1S/C30H29ClN6O3S/c1-6-22(38)35-10-11-36-21(14-35)29(39)34(5)27-26(36)19-13-20(31)24(18-8-12-41-15-18)33-28(19)37(30(27)40)25-17(4)7-9-32-23(25)16(2)3/h6-9,12-13,15-16,21H,1,10-11,14H2,2-5H3/t21-/m1/s1/i5D3. The molecule has 1 fully saturated rings. The smallest absolute Gasteiger partial charge is 0.283 e. The minimum Gasteiger partial charge on any atom is -0.354 e. The van der Waals surface area contributed by atoms with E-state index in [1.165, 1.54) is 20.8 Å². The van der Waals surface area contributed by atoms with Crippen molar-refractivity contribution in [2.75, 3.05) is 36.4 Å². The Labute approximate surface area is 250 Å². The molecule has 6 rings (SSSR count). The van der Waals surface area contributed by atoms with E-state index >= 15 is 0 Å². The number of aryl methyl sites for hydroxylation is 1. The lowest BCUT2D eigenvalue weighted by Crippen LogP contribution is -2.63. The molecule has 4 aromatic rings. The lowest BCUT2D eigenvalue weighted by Gasteiger charge is -2.47. The van der Waals surface area contributed by atoms with Gasteiger partial charge in [-0.3, -0.25) is 23.9 Å². The summed E-state index contributed by atoms with van der Waals surface area (Å²) in [6.45, 7) is 6.61. The first-order chi connectivity index (χ1) is 20.8. The van der Waals surface area contributed by atoms with Crippen LogP contribution in [0.15, 0.2) is 52.6 Å². The summed E-state index contributed by atoms with van der Waals surface area (Å²) in [7, 11) is 0. The third kappa shape index (κ3) is 4.16. The molecule has 9 nitrogen and oxygen atoms in total. The Balaban J connectivity index is 1.78. The Kier molecular flexibility index (Phi) is 5.84. The number of piperazine rings is 1. The molecular formula is C30H29ClN6O3S. The molecule has 6 heterocycles. The molecule has 1 atom stereocenters. The van der Waals surface area contributed by atoms with E-state index in [0.717, 1.165) is 17.2 Å². The predicted molar refractivity (Wildman–Crippen MR) is 164 cm³/mol. The van der Waals surface area contributed by atoms with Gasteiger partial charge in [-0.15, -0.1) is 0 Å². The fourth-order valence-corrected chi connectivity index (χ4v) is 6.59. The van der Waals surface area contributed by atoms with Gasteiger partial charge in [0, 0.05) is 46.7 Å². The lowest BCUT2D eigenvalue weighted by atomic mass is 10.00. The maximum absolute atomic E-state index is 14.8. The Morgan fingerprint density at radius 2 is 2.05 bits per heavy atom. The van der Waals surface area contributed by atoms with Crippen LogP contribution in [0, 0.1) is 6.92 Å². The molecule has 1 saturated heterocycles. The molecule has 0 N–H and O–H groups in total. The van der Waals surface area contributed by atoms with E-state index < -0.39 is 24.5 Å². The summed E-state index contributed by atoms with van der Waals surface area (Å²) in [6.07, 6.45) is 2.82. The number of aromatic nitrogens is 3. The molecule has 2 amide bonds. The molecule has 0 unspecified atom stereocenters. The summed E-state index contributed by atoms with van der Waals surface area (Å²) in [5.41, 5.74) is 2.50. The van der Waals surface area contributed by atoms with Gasteiger partial charge in [-0.2, -0.15) is 11.3 Å². The van der Waals surface area contributed by atoms with Crippen LogP contribution < -0.4 is 15.4 Å². The van der Waals surface area contributed by atoms with Crippen molar-refractivity contribution in [2.24, 2.45) is 0 Å². The molecule has 0 radical (unpaired) electrons. The number of hydrogen-bond donors (Lipinski definition) is 0. The summed E-state index contributed by atoms with van der Waals surface area (Å²) in [6, 6.07) is 4.27. The highest BCUT2D eigenvalue weighted by atomic mass is 35.5. The Morgan fingerprint density at radius 3 is 2.73 bits per heavy atom. The second-order valence-electron chi connectivity index (χ2n) is 10.4. The van der Waals surface area contributed by atoms with Gasteiger partial charge >= 0.3 is 0 Å². The number of pyridine rings is 3. The fraction of sp³-hybridized carbons (Fsp3) is 0.300. The molecule has 2 aliphatic rings. The van der Waals surface area contributed by atoms with Gasteiger partial charge in [-0.1, -0.05) is 32.0 Å². The number of fused-ring (bicyclic) bond motifs is 5. The molecule has 2 aliphatic heterocycles. The normalized spacial score (nSPS) is 18.2. The third-order valence-corrected chi connectivity index (χ3v) is 8.63. The van der Waals surface area contributed by atoms with Gasteiger partial charge in [0.1, 0.15) is 17.4 Å². The van der Waals surface area contributed by atoms with Gasteiger partial charge in [0.05, 0.1) is 34.3 Å². The number of rotatable bonds is 4. The Hall–Kier alpha value is -4.02. The number of halogens is 1. The van der Waals surface area contributed by atoms with E-state index in [4.69, 9.17) is 20.7 Å². The molecule has 11 heteroatoms. The highest BCUT2D eigenvalue weighted by molar-refractivity contribution is 7.08. The van der Waals surface area contributed by atoms with Crippen molar-refractivity contribution in [3.05, 3.63) is 74.4 Å². The maximum Gasteiger partial charge on any atom is 0.283 e. The quantitative estimate of drug-likeness (QED) is 0.317. The summed E-state index contributed by atoms with van der Waals surface area (Å²) in [5, 5.41) is 4.49. The highest BCUT2D eigenvalue weighted by Crippen LogP contribution is 2.43. The van der Waals surface area contributed by atoms with Gasteiger partial charge in [0.25, 0.3) is 11.5 Å². The monoisotopic (exact) mass is 591 g/mol. The molecule has 0 bridgehead atoms. The molecule has 4 aromatic heterocycles. The largest absolute Gasteiger partial charge is 0.354 e. The molecule has 41 heavy (non-hydrogen) atoms. The van der Waals surface area contributed by atoms with Gasteiger partial charge < -0.3 is 14.7 Å². The number of likely N-dealkylation sites (N-methyl/N-ethyl adjacent to an activating group) is 1. The van der Waals surface area contributed by atoms with Crippen molar-refractivity contribution >= 4 is 57.2 Å². The van der Waals surface area contributed by atoms with Crippen molar-refractivity contribution in [2.45, 2.75) is 32.7 Å². The SMILES string of the molecule is [2H]C([2H])([2H])N1C(=O)[C@H]2CN(C(=O)C=C)CCN2c2c1c(=O)n(-c1c(C)ccnc1C(C)C)c1nc(-c3ccsc3)c(Cl)cc21. The summed E-state index contributed by atoms with van der Waals surface area (Å²) in [5.74, 6) is -1.28. The van der Waals surface area contributed by atoms with Crippen LogP contribution >= 0.6 is 22.9 Å². The number of nitrogens with zero attached hydrogens (tertiary/aromatic N) is 6. The van der Waals surface area contributed by atoms with E-state index in [2.05, 4.69) is 11.6 Å². The first kappa shape index (κ1) is 23.7. The number of carbonyl (C=O) groups is 2. The Bertz CT molecular complexity index is 1910. The number of thiophene rings is 1. The van der Waals surface area contributed by atoms with Gasteiger partial charge in [0.2, 0.25) is 5.91 Å². The van der Waals surface area contributed by atoms with Crippen molar-refractivity contribution in [1.82, 2.24) is 19.4 Å². The van der Waals surface area contributed by atoms with Crippen LogP contribution in [-0.2, 0) is 9.59 Å². The van der Waals surface area contributed by atoms with Crippen molar-refractivity contribution in [3.8, 4) is 16.9 Å². The minimum absolute atomic E-state index is 0.0758. The van der Waals surface area contributed by atoms with Crippen LogP contribution in [0.3, 0.4) is 0 Å². The number of carbonyl (C=O) groups excluding carboxylic acids is 2. The summed E-state index contributed by atoms with van der Waals surface area (Å²) in [4.78, 5) is 54.7. The second kappa shape index (κ2) is 10.1. The maximum atomic E-state index is 14.8. The van der Waals surface area contributed by atoms with Crippen molar-refractivity contribution < 1.29 is 13.7 Å². The van der Waals surface area contributed by atoms with Crippen LogP contribution in [0.25, 0.3) is 28.0 Å². The number of hydrogen-bond acceptors (Lipinski definition) is 7. The highest BCUT2D eigenvalue weighted by Gasteiger charge is 2.44. The molecule has 0 saturated carbocycles. The van der Waals surface area contributed by atoms with E-state index in [1.54, 1.807) is 23.2 Å². The average molecular weight is 592 g/mol. The van der Waals surface area contributed by atoms with E-state index in [0.29, 0.717) is 32.4 Å². The van der Waals surface area contributed by atoms with Crippen molar-refractivity contribution in [3.63, 3.8) is 0 Å². The zero-order valence-corrected chi connectivity index (χ0v) is 24.3. The molecule has 0 aliphatic carbocycles.